The minimum absolute atomic E-state index is 0.0360. The third-order valence-corrected chi connectivity index (χ3v) is 6.60. The van der Waals surface area contributed by atoms with Crippen LogP contribution in [0.2, 0.25) is 0 Å². The normalized spacial score (nSPS) is 25.7. The third kappa shape index (κ3) is 3.14. The summed E-state index contributed by atoms with van der Waals surface area (Å²) in [5.74, 6) is -1.41. The Bertz CT molecular complexity index is 920. The number of fused-ring (bicyclic) bond motifs is 1. The van der Waals surface area contributed by atoms with Crippen LogP contribution in [0.1, 0.15) is 59.4 Å². The summed E-state index contributed by atoms with van der Waals surface area (Å²) in [5, 5.41) is 9.72. The molecule has 2 aliphatic heterocycles. The molecule has 0 radical (unpaired) electrons. The van der Waals surface area contributed by atoms with E-state index < -0.39 is 17.5 Å². The van der Waals surface area contributed by atoms with Crippen molar-refractivity contribution in [3.05, 3.63) is 65.2 Å². The van der Waals surface area contributed by atoms with Crippen molar-refractivity contribution in [2.75, 3.05) is 13.1 Å². The molecule has 1 fully saturated rings. The lowest BCUT2D eigenvalue weighted by Crippen LogP contribution is -2.60. The van der Waals surface area contributed by atoms with Gasteiger partial charge in [-0.25, -0.2) is 4.79 Å². The molecule has 29 heavy (non-hydrogen) atoms. The molecule has 3 atom stereocenters. The van der Waals surface area contributed by atoms with Gasteiger partial charge in [0.05, 0.1) is 17.5 Å². The fraction of sp³-hybridized carbons (Fsp3) is 0.417. The Hall–Kier alpha value is -2.66. The first-order valence-electron chi connectivity index (χ1n) is 10.4. The van der Waals surface area contributed by atoms with E-state index in [1.807, 2.05) is 37.3 Å². The zero-order chi connectivity index (χ0) is 20.6. The standard InChI is InChI=1S/C24H27NO4/c1-16-21(26)19-12-9-13-20(23(27)28)22(19)29-24(16,18-10-5-3-6-11-18)17(2)25-14-7-4-8-15-25/h3,5-6,9-13,16-17H,4,7-8,14-15H2,1-2H3,(H,27,28). The van der Waals surface area contributed by atoms with Gasteiger partial charge in [0.1, 0.15) is 11.3 Å². The number of aromatic carboxylic acids is 1. The van der Waals surface area contributed by atoms with Crippen LogP contribution in [-0.2, 0) is 5.60 Å². The van der Waals surface area contributed by atoms with Crippen molar-refractivity contribution >= 4 is 11.8 Å². The lowest BCUT2D eigenvalue weighted by molar-refractivity contribution is -0.0661. The molecule has 2 aromatic carbocycles. The second kappa shape index (κ2) is 7.64. The lowest BCUT2D eigenvalue weighted by atomic mass is 9.71. The molecule has 152 valence electrons. The van der Waals surface area contributed by atoms with E-state index >= 15 is 0 Å². The molecule has 5 nitrogen and oxygen atoms in total. The highest BCUT2D eigenvalue weighted by Gasteiger charge is 2.54. The number of hydrogen-bond donors (Lipinski definition) is 1. The maximum Gasteiger partial charge on any atom is 0.339 e. The second-order valence-corrected chi connectivity index (χ2v) is 8.11. The van der Waals surface area contributed by atoms with Crippen LogP contribution in [0.5, 0.6) is 5.75 Å². The van der Waals surface area contributed by atoms with E-state index in [-0.39, 0.29) is 23.1 Å². The zero-order valence-corrected chi connectivity index (χ0v) is 16.9. The molecular weight excluding hydrogens is 366 g/mol. The van der Waals surface area contributed by atoms with Crippen LogP contribution in [0.25, 0.3) is 0 Å². The van der Waals surface area contributed by atoms with Crippen molar-refractivity contribution in [1.82, 2.24) is 4.90 Å². The summed E-state index contributed by atoms with van der Waals surface area (Å²) < 4.78 is 6.65. The fourth-order valence-corrected chi connectivity index (χ4v) is 4.97. The van der Waals surface area contributed by atoms with Crippen LogP contribution < -0.4 is 4.74 Å². The number of ketones is 1. The lowest BCUT2D eigenvalue weighted by Gasteiger charge is -2.50. The number of carbonyl (C=O) groups is 2. The smallest absolute Gasteiger partial charge is 0.339 e. The largest absolute Gasteiger partial charge is 0.478 e. The summed E-state index contributed by atoms with van der Waals surface area (Å²) >= 11 is 0. The monoisotopic (exact) mass is 393 g/mol. The molecule has 0 spiro atoms. The van der Waals surface area contributed by atoms with Gasteiger partial charge in [-0.05, 0) is 50.6 Å². The van der Waals surface area contributed by atoms with Gasteiger partial charge in [-0.2, -0.15) is 0 Å². The molecule has 2 aromatic rings. The average molecular weight is 393 g/mol. The Balaban J connectivity index is 1.91. The van der Waals surface area contributed by atoms with Crippen LogP contribution in [0, 0.1) is 5.92 Å². The molecule has 0 bridgehead atoms. The molecule has 0 saturated carbocycles. The van der Waals surface area contributed by atoms with Gasteiger partial charge in [0.25, 0.3) is 0 Å². The first-order valence-corrected chi connectivity index (χ1v) is 10.4. The average Bonchev–Trinajstić information content (AvgIpc) is 2.76. The van der Waals surface area contributed by atoms with Gasteiger partial charge in [0.2, 0.25) is 0 Å². The topological polar surface area (TPSA) is 66.8 Å². The van der Waals surface area contributed by atoms with Crippen LogP contribution >= 0.6 is 0 Å². The molecule has 1 saturated heterocycles. The van der Waals surface area contributed by atoms with Gasteiger partial charge in [0, 0.05) is 0 Å². The van der Waals surface area contributed by atoms with Gasteiger partial charge in [-0.15, -0.1) is 0 Å². The predicted octanol–water partition coefficient (Wildman–Crippen LogP) is 4.37. The van der Waals surface area contributed by atoms with Crippen molar-refractivity contribution in [2.24, 2.45) is 5.92 Å². The second-order valence-electron chi connectivity index (χ2n) is 8.11. The van der Waals surface area contributed by atoms with Crippen LogP contribution in [0.3, 0.4) is 0 Å². The van der Waals surface area contributed by atoms with Crippen molar-refractivity contribution in [2.45, 2.75) is 44.8 Å². The third-order valence-electron chi connectivity index (χ3n) is 6.60. The highest BCUT2D eigenvalue weighted by molar-refractivity contribution is 6.05. The summed E-state index contributed by atoms with van der Waals surface area (Å²) in [6.45, 7) is 5.92. The molecule has 4 rings (SSSR count). The molecule has 2 aliphatic rings. The highest BCUT2D eigenvalue weighted by Crippen LogP contribution is 2.48. The molecule has 0 aromatic heterocycles. The van der Waals surface area contributed by atoms with E-state index in [9.17, 15) is 14.7 Å². The molecule has 0 amide bonds. The Morgan fingerprint density at radius 3 is 2.45 bits per heavy atom. The Morgan fingerprint density at radius 2 is 1.79 bits per heavy atom. The summed E-state index contributed by atoms with van der Waals surface area (Å²) in [6.07, 6.45) is 3.45. The van der Waals surface area contributed by atoms with Crippen LogP contribution in [0.15, 0.2) is 48.5 Å². The first-order chi connectivity index (χ1) is 14.0. The van der Waals surface area contributed by atoms with E-state index in [2.05, 4.69) is 11.8 Å². The first kappa shape index (κ1) is 19.6. The van der Waals surface area contributed by atoms with Crippen LogP contribution in [0.4, 0.5) is 0 Å². The van der Waals surface area contributed by atoms with E-state index in [0.29, 0.717) is 5.56 Å². The summed E-state index contributed by atoms with van der Waals surface area (Å²) in [6, 6.07) is 14.5. The van der Waals surface area contributed by atoms with Gasteiger partial charge in [0.15, 0.2) is 11.4 Å². The van der Waals surface area contributed by atoms with Crippen molar-refractivity contribution in [1.29, 1.82) is 0 Å². The Morgan fingerprint density at radius 1 is 1.10 bits per heavy atom. The molecule has 1 N–H and O–H groups in total. The van der Waals surface area contributed by atoms with E-state index in [1.54, 1.807) is 12.1 Å². The minimum Gasteiger partial charge on any atom is -0.478 e. The number of nitrogens with zero attached hydrogens (tertiary/aromatic N) is 1. The number of para-hydroxylation sites is 1. The Labute approximate surface area is 171 Å². The number of hydrogen-bond acceptors (Lipinski definition) is 4. The fourth-order valence-electron chi connectivity index (χ4n) is 4.97. The van der Waals surface area contributed by atoms with Crippen molar-refractivity contribution < 1.29 is 19.4 Å². The maximum absolute atomic E-state index is 13.5. The molecule has 3 unspecified atom stereocenters. The van der Waals surface area contributed by atoms with E-state index in [4.69, 9.17) is 4.74 Å². The molecule has 5 heteroatoms. The SMILES string of the molecule is CC1C(=O)c2cccc(C(=O)O)c2OC1(c1ccccc1)C(C)N1CCCCC1. The number of carboxylic acids is 1. The number of benzene rings is 2. The Kier molecular flexibility index (Phi) is 5.17. The predicted molar refractivity (Wildman–Crippen MR) is 111 cm³/mol. The number of carbonyl (C=O) groups excluding carboxylic acids is 1. The number of rotatable bonds is 4. The summed E-state index contributed by atoms with van der Waals surface area (Å²) in [7, 11) is 0. The number of ether oxygens (including phenoxy) is 1. The summed E-state index contributed by atoms with van der Waals surface area (Å²) in [4.78, 5) is 27.7. The van der Waals surface area contributed by atoms with Gasteiger partial charge < -0.3 is 9.84 Å². The number of piperidine rings is 1. The van der Waals surface area contributed by atoms with E-state index in [0.717, 1.165) is 31.5 Å². The number of Topliss-reactive ketones (excluding diaryl/α,β-unsaturated/α-hetero) is 1. The molecule has 0 aliphatic carbocycles. The van der Waals surface area contributed by atoms with E-state index in [1.165, 1.54) is 12.5 Å². The highest BCUT2D eigenvalue weighted by atomic mass is 16.5. The quantitative estimate of drug-likeness (QED) is 0.836. The van der Waals surface area contributed by atoms with Gasteiger partial charge in [-0.3, -0.25) is 9.69 Å². The van der Waals surface area contributed by atoms with Gasteiger partial charge in [-0.1, -0.05) is 49.7 Å². The minimum atomic E-state index is -1.09. The van der Waals surface area contributed by atoms with Crippen molar-refractivity contribution in [3.8, 4) is 5.75 Å². The van der Waals surface area contributed by atoms with Gasteiger partial charge >= 0.3 is 5.97 Å². The summed E-state index contributed by atoms with van der Waals surface area (Å²) in [5.41, 5.74) is 0.349. The molecular formula is C24H27NO4. The van der Waals surface area contributed by atoms with Crippen LogP contribution in [-0.4, -0.2) is 40.9 Å². The number of carboxylic acid groups (broad SMARTS) is 1. The number of likely N-dealkylation sites (tertiary alicyclic amines) is 1. The van der Waals surface area contributed by atoms with Crippen molar-refractivity contribution in [3.63, 3.8) is 0 Å². The molecule has 2 heterocycles. The zero-order valence-electron chi connectivity index (χ0n) is 16.9. The maximum atomic E-state index is 13.5.